The Morgan fingerprint density at radius 2 is 2.08 bits per heavy atom. The van der Waals surface area contributed by atoms with Crippen LogP contribution in [-0.4, -0.2) is 44.8 Å². The zero-order chi connectivity index (χ0) is 16.1. The molecular weight excluding hydrogens is 302 g/mol. The van der Waals surface area contributed by atoms with Crippen molar-refractivity contribution >= 4 is 11.2 Å². The number of hydrogen-bond donors (Lipinski definition) is 0. The molecule has 0 saturated carbocycles. The van der Waals surface area contributed by atoms with Crippen molar-refractivity contribution in [1.82, 2.24) is 24.7 Å². The molecule has 0 fully saturated rings. The largest absolute Gasteiger partial charge is 0.488 e. The summed E-state index contributed by atoms with van der Waals surface area (Å²) in [5.41, 5.74) is 5.02. The van der Waals surface area contributed by atoms with E-state index in [9.17, 15) is 0 Å². The number of nitrogens with zero attached hydrogens (tertiary/aromatic N) is 5. The van der Waals surface area contributed by atoms with Crippen molar-refractivity contribution in [2.75, 3.05) is 20.1 Å². The Kier molecular flexibility index (Phi) is 2.93. The first kappa shape index (κ1) is 13.7. The number of likely N-dealkylation sites (N-methyl/N-ethyl adjacent to an activating group) is 1. The van der Waals surface area contributed by atoms with Crippen molar-refractivity contribution in [2.45, 2.75) is 13.0 Å². The lowest BCUT2D eigenvalue weighted by Crippen LogP contribution is -2.24. The first-order chi connectivity index (χ1) is 11.8. The molecule has 0 aliphatic carbocycles. The molecule has 2 aliphatic rings. The predicted molar refractivity (Wildman–Crippen MR) is 90.6 cm³/mol. The fourth-order valence-corrected chi connectivity index (χ4v) is 3.32. The SMILES string of the molecule is CN1CC=C(c2nnc3cc4c(nn23)-c2ccccc2OC4)CC1. The van der Waals surface area contributed by atoms with Crippen LogP contribution < -0.4 is 4.74 Å². The normalized spacial score (nSPS) is 17.1. The Bertz CT molecular complexity index is 975. The Balaban J connectivity index is 1.69. The summed E-state index contributed by atoms with van der Waals surface area (Å²) in [6, 6.07) is 10.1. The molecule has 0 radical (unpaired) electrons. The van der Waals surface area contributed by atoms with Gasteiger partial charge in [-0.25, -0.2) is 0 Å². The zero-order valence-corrected chi connectivity index (χ0v) is 13.4. The summed E-state index contributed by atoms with van der Waals surface area (Å²) in [5, 5.41) is 13.6. The van der Waals surface area contributed by atoms with E-state index < -0.39 is 0 Å². The van der Waals surface area contributed by atoms with Gasteiger partial charge in [0.05, 0.1) is 0 Å². The minimum Gasteiger partial charge on any atom is -0.488 e. The topological polar surface area (TPSA) is 55.6 Å². The molecule has 24 heavy (non-hydrogen) atoms. The van der Waals surface area contributed by atoms with Crippen LogP contribution in [0, 0.1) is 0 Å². The summed E-state index contributed by atoms with van der Waals surface area (Å²) in [7, 11) is 2.13. The van der Waals surface area contributed by atoms with E-state index >= 15 is 0 Å². The molecule has 120 valence electrons. The third-order valence-electron chi connectivity index (χ3n) is 4.70. The van der Waals surface area contributed by atoms with E-state index in [1.54, 1.807) is 0 Å². The van der Waals surface area contributed by atoms with Gasteiger partial charge in [0.2, 0.25) is 0 Å². The molecule has 0 unspecified atom stereocenters. The quantitative estimate of drug-likeness (QED) is 0.689. The van der Waals surface area contributed by atoms with E-state index in [-0.39, 0.29) is 0 Å². The molecule has 0 saturated heterocycles. The molecule has 4 heterocycles. The number of rotatable bonds is 1. The first-order valence-electron chi connectivity index (χ1n) is 8.15. The maximum Gasteiger partial charge on any atom is 0.181 e. The molecule has 2 aliphatic heterocycles. The predicted octanol–water partition coefficient (Wildman–Crippen LogP) is 2.40. The van der Waals surface area contributed by atoms with Crippen LogP contribution in [0.3, 0.4) is 0 Å². The Hall–Kier alpha value is -2.73. The highest BCUT2D eigenvalue weighted by atomic mass is 16.5. The fourth-order valence-electron chi connectivity index (χ4n) is 3.32. The second kappa shape index (κ2) is 5.14. The van der Waals surface area contributed by atoms with Gasteiger partial charge in [-0.05, 0) is 37.2 Å². The smallest absolute Gasteiger partial charge is 0.181 e. The number of hydrogen-bond acceptors (Lipinski definition) is 5. The lowest BCUT2D eigenvalue weighted by Gasteiger charge is -2.21. The molecule has 0 atom stereocenters. The second-order valence-corrected chi connectivity index (χ2v) is 6.34. The van der Waals surface area contributed by atoms with Crippen LogP contribution >= 0.6 is 0 Å². The van der Waals surface area contributed by atoms with Gasteiger partial charge < -0.3 is 9.64 Å². The van der Waals surface area contributed by atoms with Gasteiger partial charge in [0.25, 0.3) is 0 Å². The van der Waals surface area contributed by atoms with Gasteiger partial charge in [-0.1, -0.05) is 18.2 Å². The van der Waals surface area contributed by atoms with Crippen LogP contribution in [0.4, 0.5) is 0 Å². The third-order valence-corrected chi connectivity index (χ3v) is 4.70. The Labute approximate surface area is 139 Å². The number of benzene rings is 1. The fraction of sp³-hybridized carbons (Fsp3) is 0.278. The number of ether oxygens (including phenoxy) is 1. The van der Waals surface area contributed by atoms with Crippen LogP contribution in [0.5, 0.6) is 5.75 Å². The molecule has 3 aromatic rings. The van der Waals surface area contributed by atoms with Crippen LogP contribution in [0.25, 0.3) is 22.5 Å². The van der Waals surface area contributed by atoms with E-state index in [1.807, 2.05) is 34.8 Å². The number of para-hydroxylation sites is 1. The van der Waals surface area contributed by atoms with Gasteiger partial charge in [-0.2, -0.15) is 9.61 Å². The van der Waals surface area contributed by atoms with Gasteiger partial charge >= 0.3 is 0 Å². The summed E-state index contributed by atoms with van der Waals surface area (Å²) in [6.45, 7) is 2.49. The third kappa shape index (κ3) is 2.03. The molecule has 0 N–H and O–H groups in total. The van der Waals surface area contributed by atoms with Crippen LogP contribution in [-0.2, 0) is 6.61 Å². The van der Waals surface area contributed by atoms with E-state index in [0.29, 0.717) is 6.61 Å². The lowest BCUT2D eigenvalue weighted by molar-refractivity contribution is 0.301. The average molecular weight is 319 g/mol. The summed E-state index contributed by atoms with van der Waals surface area (Å²) in [4.78, 5) is 2.29. The van der Waals surface area contributed by atoms with Crippen molar-refractivity contribution in [3.05, 3.63) is 47.8 Å². The number of fused-ring (bicyclic) bond motifs is 4. The second-order valence-electron chi connectivity index (χ2n) is 6.34. The van der Waals surface area contributed by atoms with Crippen molar-refractivity contribution in [1.29, 1.82) is 0 Å². The highest BCUT2D eigenvalue weighted by molar-refractivity contribution is 5.73. The van der Waals surface area contributed by atoms with Gasteiger partial charge in [0.15, 0.2) is 11.5 Å². The maximum atomic E-state index is 5.82. The first-order valence-corrected chi connectivity index (χ1v) is 8.15. The van der Waals surface area contributed by atoms with Crippen molar-refractivity contribution in [3.8, 4) is 17.0 Å². The number of aromatic nitrogens is 4. The molecule has 6 nitrogen and oxygen atoms in total. The van der Waals surface area contributed by atoms with Gasteiger partial charge in [0.1, 0.15) is 18.1 Å². The van der Waals surface area contributed by atoms with Crippen molar-refractivity contribution in [2.24, 2.45) is 0 Å². The average Bonchev–Trinajstić information content (AvgIpc) is 3.03. The highest BCUT2D eigenvalue weighted by Crippen LogP contribution is 2.36. The van der Waals surface area contributed by atoms with E-state index in [4.69, 9.17) is 9.84 Å². The molecule has 5 rings (SSSR count). The molecule has 0 spiro atoms. The lowest BCUT2D eigenvalue weighted by atomic mass is 10.0. The van der Waals surface area contributed by atoms with E-state index in [0.717, 1.165) is 53.6 Å². The van der Waals surface area contributed by atoms with Gasteiger partial charge in [0, 0.05) is 24.2 Å². The molecular formula is C18H17N5O. The van der Waals surface area contributed by atoms with Crippen molar-refractivity contribution < 1.29 is 4.74 Å². The molecule has 0 amide bonds. The van der Waals surface area contributed by atoms with Crippen molar-refractivity contribution in [3.63, 3.8) is 0 Å². The standard InChI is InChI=1S/C18H17N5O/c1-22-8-6-12(7-9-22)18-20-19-16-10-13-11-24-15-5-3-2-4-14(15)17(13)21-23(16)18/h2-6,10H,7-9,11H2,1H3. The molecule has 0 bridgehead atoms. The molecule has 2 aromatic heterocycles. The van der Waals surface area contributed by atoms with Crippen LogP contribution in [0.2, 0.25) is 0 Å². The zero-order valence-electron chi connectivity index (χ0n) is 13.4. The highest BCUT2D eigenvalue weighted by Gasteiger charge is 2.22. The molecule has 6 heteroatoms. The van der Waals surface area contributed by atoms with E-state index in [1.165, 1.54) is 5.57 Å². The van der Waals surface area contributed by atoms with Crippen LogP contribution in [0.15, 0.2) is 36.4 Å². The summed E-state index contributed by atoms with van der Waals surface area (Å²) >= 11 is 0. The monoisotopic (exact) mass is 319 g/mol. The van der Waals surface area contributed by atoms with Gasteiger partial charge in [-0.15, -0.1) is 10.2 Å². The van der Waals surface area contributed by atoms with Crippen LogP contribution in [0.1, 0.15) is 17.8 Å². The summed E-state index contributed by atoms with van der Waals surface area (Å²) < 4.78 is 7.69. The van der Waals surface area contributed by atoms with E-state index in [2.05, 4.69) is 28.2 Å². The maximum absolute atomic E-state index is 5.82. The minimum absolute atomic E-state index is 0.519. The van der Waals surface area contributed by atoms with Gasteiger partial charge in [-0.3, -0.25) is 0 Å². The Morgan fingerprint density at radius 3 is 2.96 bits per heavy atom. The minimum atomic E-state index is 0.519. The summed E-state index contributed by atoms with van der Waals surface area (Å²) in [6.07, 6.45) is 3.19. The Morgan fingerprint density at radius 1 is 1.17 bits per heavy atom. The molecule has 1 aromatic carbocycles. The summed E-state index contributed by atoms with van der Waals surface area (Å²) in [5.74, 6) is 1.73.